The molecule has 1 aliphatic rings. The SMILES string of the molecule is CC1CCC(Cc2ccc(O)cc2)(C(=O)O)CC1. The van der Waals surface area contributed by atoms with Crippen LogP contribution in [0.25, 0.3) is 0 Å². The molecule has 3 nitrogen and oxygen atoms in total. The smallest absolute Gasteiger partial charge is 0.309 e. The predicted molar refractivity (Wildman–Crippen MR) is 69.5 cm³/mol. The number of carbonyl (C=O) groups is 1. The first kappa shape index (κ1) is 12.9. The minimum absolute atomic E-state index is 0.223. The molecule has 1 aliphatic carbocycles. The highest BCUT2D eigenvalue weighted by Gasteiger charge is 2.41. The molecule has 18 heavy (non-hydrogen) atoms. The molecule has 98 valence electrons. The van der Waals surface area contributed by atoms with Gasteiger partial charge in [-0.2, -0.15) is 0 Å². The van der Waals surface area contributed by atoms with E-state index in [1.165, 1.54) is 0 Å². The second-order valence-electron chi connectivity index (χ2n) is 5.61. The van der Waals surface area contributed by atoms with E-state index < -0.39 is 11.4 Å². The average molecular weight is 248 g/mol. The number of aliphatic carboxylic acids is 1. The molecular formula is C15H20O3. The van der Waals surface area contributed by atoms with Gasteiger partial charge in [0, 0.05) is 0 Å². The number of rotatable bonds is 3. The molecule has 0 aliphatic heterocycles. The van der Waals surface area contributed by atoms with E-state index in [2.05, 4.69) is 6.92 Å². The molecule has 0 radical (unpaired) electrons. The van der Waals surface area contributed by atoms with Gasteiger partial charge in [-0.05, 0) is 55.7 Å². The summed E-state index contributed by atoms with van der Waals surface area (Å²) in [6, 6.07) is 6.88. The molecular weight excluding hydrogens is 228 g/mol. The van der Waals surface area contributed by atoms with Crippen molar-refractivity contribution < 1.29 is 15.0 Å². The van der Waals surface area contributed by atoms with Gasteiger partial charge in [0.25, 0.3) is 0 Å². The predicted octanol–water partition coefficient (Wildman–Crippen LogP) is 3.22. The van der Waals surface area contributed by atoms with Crippen molar-refractivity contribution in [2.45, 2.75) is 39.0 Å². The molecule has 0 amide bonds. The van der Waals surface area contributed by atoms with Crippen molar-refractivity contribution in [3.63, 3.8) is 0 Å². The van der Waals surface area contributed by atoms with Crippen molar-refractivity contribution in [1.82, 2.24) is 0 Å². The highest BCUT2D eigenvalue weighted by molar-refractivity contribution is 5.75. The van der Waals surface area contributed by atoms with E-state index in [-0.39, 0.29) is 5.75 Å². The van der Waals surface area contributed by atoms with Crippen LogP contribution in [0.3, 0.4) is 0 Å². The monoisotopic (exact) mass is 248 g/mol. The van der Waals surface area contributed by atoms with Crippen LogP contribution in [-0.4, -0.2) is 16.2 Å². The van der Waals surface area contributed by atoms with Gasteiger partial charge in [-0.3, -0.25) is 4.79 Å². The van der Waals surface area contributed by atoms with Crippen LogP contribution in [-0.2, 0) is 11.2 Å². The molecule has 0 heterocycles. The molecule has 0 saturated heterocycles. The Labute approximate surface area is 107 Å². The van der Waals surface area contributed by atoms with Crippen molar-refractivity contribution in [2.24, 2.45) is 11.3 Å². The molecule has 0 aromatic heterocycles. The summed E-state index contributed by atoms with van der Waals surface area (Å²) >= 11 is 0. The molecule has 0 spiro atoms. The van der Waals surface area contributed by atoms with Gasteiger partial charge in [0.05, 0.1) is 5.41 Å². The third-order valence-corrected chi connectivity index (χ3v) is 4.16. The summed E-state index contributed by atoms with van der Waals surface area (Å²) in [6.07, 6.45) is 4.05. The maximum absolute atomic E-state index is 11.6. The van der Waals surface area contributed by atoms with Crippen LogP contribution in [0, 0.1) is 11.3 Å². The Morgan fingerprint density at radius 3 is 2.33 bits per heavy atom. The van der Waals surface area contributed by atoms with Crippen LogP contribution < -0.4 is 0 Å². The lowest BCUT2D eigenvalue weighted by Gasteiger charge is -2.36. The van der Waals surface area contributed by atoms with Gasteiger partial charge in [0.15, 0.2) is 0 Å². The normalized spacial score (nSPS) is 27.9. The second-order valence-corrected chi connectivity index (χ2v) is 5.61. The van der Waals surface area contributed by atoms with Gasteiger partial charge in [-0.25, -0.2) is 0 Å². The lowest BCUT2D eigenvalue weighted by atomic mass is 9.68. The quantitative estimate of drug-likeness (QED) is 0.863. The minimum Gasteiger partial charge on any atom is -0.508 e. The summed E-state index contributed by atoms with van der Waals surface area (Å²) in [4.78, 5) is 11.6. The fourth-order valence-corrected chi connectivity index (χ4v) is 2.79. The first-order valence-corrected chi connectivity index (χ1v) is 6.53. The number of phenols is 1. The number of benzene rings is 1. The Morgan fingerprint density at radius 1 is 1.28 bits per heavy atom. The van der Waals surface area contributed by atoms with E-state index in [0.717, 1.165) is 31.2 Å². The zero-order valence-electron chi connectivity index (χ0n) is 10.7. The largest absolute Gasteiger partial charge is 0.508 e. The molecule has 0 unspecified atom stereocenters. The number of aromatic hydroxyl groups is 1. The zero-order chi connectivity index (χ0) is 13.2. The molecule has 2 N–H and O–H groups in total. The maximum Gasteiger partial charge on any atom is 0.309 e. The lowest BCUT2D eigenvalue weighted by molar-refractivity contribution is -0.151. The number of hydrogen-bond acceptors (Lipinski definition) is 2. The Bertz CT molecular complexity index is 414. The number of carboxylic acids is 1. The summed E-state index contributed by atoms with van der Waals surface area (Å²) in [5.41, 5.74) is 0.383. The molecule has 2 rings (SSSR count). The van der Waals surface area contributed by atoms with Crippen LogP contribution >= 0.6 is 0 Å². The Hall–Kier alpha value is -1.51. The third-order valence-electron chi connectivity index (χ3n) is 4.16. The van der Waals surface area contributed by atoms with Crippen molar-refractivity contribution in [1.29, 1.82) is 0 Å². The fourth-order valence-electron chi connectivity index (χ4n) is 2.79. The fraction of sp³-hybridized carbons (Fsp3) is 0.533. The van der Waals surface area contributed by atoms with Gasteiger partial charge < -0.3 is 10.2 Å². The summed E-state index contributed by atoms with van der Waals surface area (Å²) in [6.45, 7) is 2.19. The van der Waals surface area contributed by atoms with E-state index in [0.29, 0.717) is 12.3 Å². The Balaban J connectivity index is 2.16. The van der Waals surface area contributed by atoms with Crippen LogP contribution in [0.5, 0.6) is 5.75 Å². The van der Waals surface area contributed by atoms with E-state index in [1.54, 1.807) is 12.1 Å². The molecule has 1 fully saturated rings. The second kappa shape index (κ2) is 5.01. The molecule has 1 saturated carbocycles. The van der Waals surface area contributed by atoms with Crippen molar-refractivity contribution in [3.05, 3.63) is 29.8 Å². The highest BCUT2D eigenvalue weighted by Crippen LogP contribution is 2.41. The Kier molecular flexibility index (Phi) is 3.60. The van der Waals surface area contributed by atoms with E-state index in [1.807, 2.05) is 12.1 Å². The highest BCUT2D eigenvalue weighted by atomic mass is 16.4. The summed E-state index contributed by atoms with van der Waals surface area (Å²) in [5.74, 6) is 0.181. The van der Waals surface area contributed by atoms with Crippen LogP contribution in [0.2, 0.25) is 0 Å². The standard InChI is InChI=1S/C15H20O3/c1-11-6-8-15(9-7-11,14(17)18)10-12-2-4-13(16)5-3-12/h2-5,11,16H,6-10H2,1H3,(H,17,18). The molecule has 3 heteroatoms. The summed E-state index contributed by atoms with van der Waals surface area (Å²) < 4.78 is 0. The maximum atomic E-state index is 11.6. The van der Waals surface area contributed by atoms with E-state index in [4.69, 9.17) is 0 Å². The van der Waals surface area contributed by atoms with Gasteiger partial charge in [0.1, 0.15) is 5.75 Å². The third kappa shape index (κ3) is 2.66. The van der Waals surface area contributed by atoms with Crippen molar-refractivity contribution >= 4 is 5.97 Å². The van der Waals surface area contributed by atoms with E-state index in [9.17, 15) is 15.0 Å². The summed E-state index contributed by atoms with van der Waals surface area (Å²) in [5, 5.41) is 18.8. The Morgan fingerprint density at radius 2 is 1.83 bits per heavy atom. The van der Waals surface area contributed by atoms with Crippen LogP contribution in [0.15, 0.2) is 24.3 Å². The lowest BCUT2D eigenvalue weighted by Crippen LogP contribution is -2.37. The van der Waals surface area contributed by atoms with Crippen molar-refractivity contribution in [2.75, 3.05) is 0 Å². The topological polar surface area (TPSA) is 57.5 Å². The zero-order valence-corrected chi connectivity index (χ0v) is 10.7. The summed E-state index contributed by atoms with van der Waals surface area (Å²) in [7, 11) is 0. The number of carboxylic acid groups (broad SMARTS) is 1. The van der Waals surface area contributed by atoms with Crippen molar-refractivity contribution in [3.8, 4) is 5.75 Å². The van der Waals surface area contributed by atoms with Crippen LogP contribution in [0.4, 0.5) is 0 Å². The number of hydrogen-bond donors (Lipinski definition) is 2. The molecule has 0 atom stereocenters. The average Bonchev–Trinajstić information content (AvgIpc) is 2.35. The molecule has 1 aromatic carbocycles. The number of phenolic OH excluding ortho intramolecular Hbond substituents is 1. The van der Waals surface area contributed by atoms with Gasteiger partial charge in [0.2, 0.25) is 0 Å². The molecule has 1 aromatic rings. The first-order chi connectivity index (χ1) is 8.52. The van der Waals surface area contributed by atoms with Gasteiger partial charge in [-0.1, -0.05) is 19.1 Å². The van der Waals surface area contributed by atoms with E-state index >= 15 is 0 Å². The van der Waals surface area contributed by atoms with Gasteiger partial charge >= 0.3 is 5.97 Å². The first-order valence-electron chi connectivity index (χ1n) is 6.53. The van der Waals surface area contributed by atoms with Crippen LogP contribution in [0.1, 0.15) is 38.2 Å². The van der Waals surface area contributed by atoms with Gasteiger partial charge in [-0.15, -0.1) is 0 Å². The molecule has 0 bridgehead atoms. The minimum atomic E-state index is -0.678.